The van der Waals surface area contributed by atoms with E-state index in [1.807, 2.05) is 6.07 Å². The molecular formula is C17H24N2O4. The largest absolute Gasteiger partial charge is 0.508 e. The van der Waals surface area contributed by atoms with Crippen LogP contribution in [0.1, 0.15) is 38.8 Å². The Labute approximate surface area is 136 Å². The quantitative estimate of drug-likeness (QED) is 0.875. The zero-order valence-corrected chi connectivity index (χ0v) is 14.0. The molecule has 2 N–H and O–H groups in total. The molecule has 6 heteroatoms. The van der Waals surface area contributed by atoms with Crippen molar-refractivity contribution in [2.45, 2.75) is 52.3 Å². The number of fused-ring (bicyclic) bond motifs is 1. The summed E-state index contributed by atoms with van der Waals surface area (Å²) >= 11 is 0. The third kappa shape index (κ3) is 4.61. The Morgan fingerprint density at radius 2 is 2.00 bits per heavy atom. The van der Waals surface area contributed by atoms with Crippen molar-refractivity contribution in [2.75, 3.05) is 6.54 Å². The van der Waals surface area contributed by atoms with E-state index >= 15 is 0 Å². The Morgan fingerprint density at radius 3 is 2.65 bits per heavy atom. The van der Waals surface area contributed by atoms with Gasteiger partial charge in [-0.3, -0.25) is 4.79 Å². The average molecular weight is 320 g/mol. The lowest BCUT2D eigenvalue weighted by Gasteiger charge is -2.31. The number of aromatic hydroxyl groups is 1. The van der Waals surface area contributed by atoms with Crippen LogP contribution in [0.4, 0.5) is 4.79 Å². The summed E-state index contributed by atoms with van der Waals surface area (Å²) in [5.74, 6) is 0.0304. The lowest BCUT2D eigenvalue weighted by Crippen LogP contribution is -2.49. The molecule has 126 valence electrons. The topological polar surface area (TPSA) is 78.9 Å². The van der Waals surface area contributed by atoms with Crippen LogP contribution in [0.5, 0.6) is 5.75 Å². The number of benzene rings is 1. The van der Waals surface area contributed by atoms with E-state index in [-0.39, 0.29) is 11.7 Å². The molecule has 1 atom stereocenters. The molecule has 1 aromatic rings. The molecule has 1 heterocycles. The number of ether oxygens (including phenoxy) is 1. The second-order valence-electron chi connectivity index (χ2n) is 6.83. The Kier molecular flexibility index (Phi) is 4.82. The average Bonchev–Trinajstić information content (AvgIpc) is 2.43. The highest BCUT2D eigenvalue weighted by Gasteiger charge is 2.27. The van der Waals surface area contributed by atoms with Crippen LogP contribution in [0.2, 0.25) is 0 Å². The van der Waals surface area contributed by atoms with Gasteiger partial charge >= 0.3 is 6.09 Å². The molecule has 1 aliphatic heterocycles. The molecule has 0 saturated heterocycles. The monoisotopic (exact) mass is 320 g/mol. The predicted octanol–water partition coefficient (Wildman–Crippen LogP) is 2.19. The molecule has 0 bridgehead atoms. The molecule has 0 aliphatic carbocycles. The van der Waals surface area contributed by atoms with Gasteiger partial charge < -0.3 is 20.1 Å². The first kappa shape index (κ1) is 17.1. The van der Waals surface area contributed by atoms with Crippen LogP contribution in [0.25, 0.3) is 0 Å². The van der Waals surface area contributed by atoms with Gasteiger partial charge in [0.2, 0.25) is 5.91 Å². The van der Waals surface area contributed by atoms with Gasteiger partial charge in [0.05, 0.1) is 0 Å². The van der Waals surface area contributed by atoms with Crippen LogP contribution in [-0.2, 0) is 22.5 Å². The second-order valence-corrected chi connectivity index (χ2v) is 6.83. The van der Waals surface area contributed by atoms with E-state index in [2.05, 4.69) is 5.32 Å². The standard InChI is InChI=1S/C17H24N2O4/c1-11(18-16(22)23-17(2,3)4)15(21)19-8-7-12-5-6-14(20)9-13(12)10-19/h5-6,9,11,20H,7-8,10H2,1-4H3,(H,18,22)/t11-/m0/s1. The van der Waals surface area contributed by atoms with Gasteiger partial charge in [-0.15, -0.1) is 0 Å². The number of alkyl carbamates (subject to hydrolysis) is 1. The summed E-state index contributed by atoms with van der Waals surface area (Å²) < 4.78 is 5.16. The number of nitrogens with zero attached hydrogens (tertiary/aromatic N) is 1. The molecule has 0 saturated carbocycles. The van der Waals surface area contributed by atoms with Crippen LogP contribution >= 0.6 is 0 Å². The summed E-state index contributed by atoms with van der Waals surface area (Å²) in [6.45, 7) is 7.98. The van der Waals surface area contributed by atoms with Crippen molar-refractivity contribution < 1.29 is 19.4 Å². The first-order valence-electron chi connectivity index (χ1n) is 7.75. The summed E-state index contributed by atoms with van der Waals surface area (Å²) in [5.41, 5.74) is 1.47. The molecule has 2 amide bonds. The van der Waals surface area contributed by atoms with Crippen molar-refractivity contribution in [3.05, 3.63) is 29.3 Å². The third-order valence-corrected chi connectivity index (χ3v) is 3.62. The minimum atomic E-state index is -0.663. The van der Waals surface area contributed by atoms with Crippen LogP contribution < -0.4 is 5.32 Å². The summed E-state index contributed by atoms with van der Waals surface area (Å²) in [4.78, 5) is 25.9. The van der Waals surface area contributed by atoms with Gasteiger partial charge in [-0.25, -0.2) is 4.79 Å². The molecule has 2 rings (SSSR count). The number of nitrogens with one attached hydrogen (secondary N) is 1. The van der Waals surface area contributed by atoms with Crippen molar-refractivity contribution in [3.63, 3.8) is 0 Å². The van der Waals surface area contributed by atoms with Crippen molar-refractivity contribution in [3.8, 4) is 5.75 Å². The van der Waals surface area contributed by atoms with E-state index in [0.717, 1.165) is 17.5 Å². The van der Waals surface area contributed by atoms with Gasteiger partial charge in [-0.05, 0) is 57.4 Å². The summed E-state index contributed by atoms with van der Waals surface area (Å²) in [7, 11) is 0. The fraction of sp³-hybridized carbons (Fsp3) is 0.529. The predicted molar refractivity (Wildman–Crippen MR) is 86.1 cm³/mol. The first-order valence-corrected chi connectivity index (χ1v) is 7.75. The number of hydrogen-bond donors (Lipinski definition) is 2. The molecule has 0 spiro atoms. The third-order valence-electron chi connectivity index (χ3n) is 3.62. The van der Waals surface area contributed by atoms with Gasteiger partial charge in [-0.2, -0.15) is 0 Å². The van der Waals surface area contributed by atoms with Crippen molar-refractivity contribution in [1.29, 1.82) is 0 Å². The highest BCUT2D eigenvalue weighted by molar-refractivity contribution is 5.85. The molecule has 0 radical (unpaired) electrons. The van der Waals surface area contributed by atoms with Gasteiger partial charge in [0, 0.05) is 13.1 Å². The molecule has 1 aromatic carbocycles. The van der Waals surface area contributed by atoms with Crippen molar-refractivity contribution in [1.82, 2.24) is 10.2 Å². The van der Waals surface area contributed by atoms with E-state index in [1.165, 1.54) is 0 Å². The van der Waals surface area contributed by atoms with Gasteiger partial charge in [-0.1, -0.05) is 6.07 Å². The number of phenols is 1. The van der Waals surface area contributed by atoms with Crippen molar-refractivity contribution in [2.24, 2.45) is 0 Å². The van der Waals surface area contributed by atoms with Gasteiger partial charge in [0.15, 0.2) is 0 Å². The van der Waals surface area contributed by atoms with Crippen LogP contribution in [0.3, 0.4) is 0 Å². The number of carbonyl (C=O) groups is 2. The summed E-state index contributed by atoms with van der Waals surface area (Å²) in [6.07, 6.45) is 0.133. The minimum absolute atomic E-state index is 0.162. The highest BCUT2D eigenvalue weighted by Crippen LogP contribution is 2.23. The Hall–Kier alpha value is -2.24. The molecule has 1 aliphatic rings. The van der Waals surface area contributed by atoms with Gasteiger partial charge in [0.1, 0.15) is 17.4 Å². The SMILES string of the molecule is C[C@H](NC(=O)OC(C)(C)C)C(=O)N1CCc2ccc(O)cc2C1. The summed E-state index contributed by atoms with van der Waals surface area (Å²) in [6, 6.07) is 4.56. The second kappa shape index (κ2) is 6.48. The van der Waals surface area contributed by atoms with E-state index in [0.29, 0.717) is 13.1 Å². The minimum Gasteiger partial charge on any atom is -0.508 e. The zero-order valence-electron chi connectivity index (χ0n) is 14.0. The Morgan fingerprint density at radius 1 is 1.30 bits per heavy atom. The van der Waals surface area contributed by atoms with Crippen molar-refractivity contribution >= 4 is 12.0 Å². The lowest BCUT2D eigenvalue weighted by atomic mass is 9.99. The Bertz CT molecular complexity index is 607. The molecule has 23 heavy (non-hydrogen) atoms. The number of carbonyl (C=O) groups excluding carboxylic acids is 2. The summed E-state index contributed by atoms with van der Waals surface area (Å²) in [5, 5.41) is 12.1. The first-order chi connectivity index (χ1) is 10.7. The highest BCUT2D eigenvalue weighted by atomic mass is 16.6. The van der Waals surface area contributed by atoms with E-state index in [4.69, 9.17) is 4.74 Å². The number of hydrogen-bond acceptors (Lipinski definition) is 4. The molecular weight excluding hydrogens is 296 g/mol. The fourth-order valence-electron chi connectivity index (χ4n) is 2.55. The zero-order chi connectivity index (χ0) is 17.2. The molecule has 0 aromatic heterocycles. The lowest BCUT2D eigenvalue weighted by molar-refractivity contribution is -0.134. The van der Waals surface area contributed by atoms with Crippen LogP contribution in [0.15, 0.2) is 18.2 Å². The molecule has 0 unspecified atom stereocenters. The van der Waals surface area contributed by atoms with E-state index in [1.54, 1.807) is 44.7 Å². The number of phenolic OH excluding ortho intramolecular Hbond substituents is 1. The number of amides is 2. The maximum absolute atomic E-state index is 12.5. The smallest absolute Gasteiger partial charge is 0.408 e. The normalized spacial score (nSPS) is 15.6. The van der Waals surface area contributed by atoms with Crippen LogP contribution in [0, 0.1) is 0 Å². The van der Waals surface area contributed by atoms with E-state index < -0.39 is 17.7 Å². The Balaban J connectivity index is 1.97. The van der Waals surface area contributed by atoms with Crippen LogP contribution in [-0.4, -0.2) is 40.2 Å². The fourth-order valence-corrected chi connectivity index (χ4v) is 2.55. The maximum Gasteiger partial charge on any atom is 0.408 e. The van der Waals surface area contributed by atoms with Gasteiger partial charge in [0.25, 0.3) is 0 Å². The number of rotatable bonds is 2. The maximum atomic E-state index is 12.5. The molecule has 6 nitrogen and oxygen atoms in total. The van der Waals surface area contributed by atoms with E-state index in [9.17, 15) is 14.7 Å². The molecule has 0 fully saturated rings.